The molecule has 1 fully saturated rings. The quantitative estimate of drug-likeness (QED) is 0.783. The monoisotopic (exact) mass is 392 g/mol. The van der Waals surface area contributed by atoms with Crippen LogP contribution in [0.1, 0.15) is 23.6 Å². The van der Waals surface area contributed by atoms with Gasteiger partial charge in [-0.2, -0.15) is 26.3 Å². The first kappa shape index (κ1) is 21.9. The number of nitrogens with one attached hydrogen (secondary N) is 1. The van der Waals surface area contributed by atoms with Gasteiger partial charge in [-0.1, -0.05) is 6.07 Å². The van der Waals surface area contributed by atoms with Gasteiger partial charge in [0.2, 0.25) is 0 Å². The lowest BCUT2D eigenvalue weighted by molar-refractivity contribution is -0.149. The van der Waals surface area contributed by atoms with Gasteiger partial charge in [0, 0.05) is 37.8 Å². The Balaban J connectivity index is 0.00000312. The summed E-state index contributed by atoms with van der Waals surface area (Å²) in [6, 6.07) is 1.55. The van der Waals surface area contributed by atoms with Crippen LogP contribution in [0.5, 0.6) is 5.75 Å². The summed E-state index contributed by atoms with van der Waals surface area (Å²) in [5.74, 6) is -0.183. The van der Waals surface area contributed by atoms with Crippen molar-refractivity contribution in [2.45, 2.75) is 24.8 Å². The van der Waals surface area contributed by atoms with Crippen molar-refractivity contribution >= 4 is 12.4 Å². The van der Waals surface area contributed by atoms with Crippen LogP contribution in [0.2, 0.25) is 0 Å². The maximum atomic E-state index is 13.0. The lowest BCUT2D eigenvalue weighted by Crippen LogP contribution is -2.46. The highest BCUT2D eigenvalue weighted by molar-refractivity contribution is 5.85. The number of benzene rings is 1. The number of methoxy groups -OCH3 is 1. The molecule has 0 saturated carbocycles. The summed E-state index contributed by atoms with van der Waals surface area (Å²) in [4.78, 5) is 1.62. The molecule has 10 heteroatoms. The van der Waals surface area contributed by atoms with Gasteiger partial charge in [-0.25, -0.2) is 0 Å². The molecular weight excluding hydrogens is 374 g/mol. The van der Waals surface area contributed by atoms with E-state index in [4.69, 9.17) is 4.74 Å². The van der Waals surface area contributed by atoms with E-state index in [-0.39, 0.29) is 23.7 Å². The van der Waals surface area contributed by atoms with Gasteiger partial charge in [-0.05, 0) is 12.1 Å². The summed E-state index contributed by atoms with van der Waals surface area (Å²) < 4.78 is 82.3. The number of rotatable bonds is 4. The molecule has 0 aromatic heterocycles. The molecule has 0 radical (unpaired) electrons. The highest BCUT2D eigenvalue weighted by Gasteiger charge is 2.38. The van der Waals surface area contributed by atoms with Gasteiger partial charge >= 0.3 is 12.4 Å². The fourth-order valence-electron chi connectivity index (χ4n) is 2.81. The normalized spacial score (nSPS) is 17.7. The number of alkyl halides is 6. The fraction of sp³-hybridized carbons (Fsp3) is 0.600. The Hall–Kier alpha value is -1.19. The minimum atomic E-state index is -4.58. The molecule has 0 unspecified atom stereocenters. The molecular formula is C15H19ClF6N2O. The zero-order chi connectivity index (χ0) is 18.0. The van der Waals surface area contributed by atoms with E-state index in [1.807, 2.05) is 0 Å². The summed E-state index contributed by atoms with van der Waals surface area (Å²) in [5, 5.41) is 3.04. The second kappa shape index (κ2) is 8.46. The summed E-state index contributed by atoms with van der Waals surface area (Å²) in [6.07, 6.45) is -10.2. The van der Waals surface area contributed by atoms with E-state index in [0.29, 0.717) is 26.2 Å². The van der Waals surface area contributed by atoms with E-state index in [0.717, 1.165) is 25.3 Å². The van der Waals surface area contributed by atoms with Crippen LogP contribution >= 0.6 is 12.4 Å². The molecule has 25 heavy (non-hydrogen) atoms. The minimum absolute atomic E-state index is 0. The van der Waals surface area contributed by atoms with Gasteiger partial charge in [0.25, 0.3) is 0 Å². The third kappa shape index (κ3) is 5.93. The van der Waals surface area contributed by atoms with E-state index in [2.05, 4.69) is 5.32 Å². The smallest absolute Gasteiger partial charge is 0.416 e. The van der Waals surface area contributed by atoms with E-state index >= 15 is 0 Å². The maximum Gasteiger partial charge on any atom is 0.416 e. The first-order valence-electron chi connectivity index (χ1n) is 7.38. The average Bonchev–Trinajstić information content (AvgIpc) is 2.51. The predicted octanol–water partition coefficient (Wildman–Crippen LogP) is 4.03. The Morgan fingerprint density at radius 2 is 1.72 bits per heavy atom. The highest BCUT2D eigenvalue weighted by Crippen LogP contribution is 2.40. The first-order valence-corrected chi connectivity index (χ1v) is 7.38. The third-order valence-electron chi connectivity index (χ3n) is 3.94. The Morgan fingerprint density at radius 3 is 2.20 bits per heavy atom. The van der Waals surface area contributed by atoms with Crippen LogP contribution in [0.15, 0.2) is 18.2 Å². The molecule has 1 N–H and O–H groups in total. The lowest BCUT2D eigenvalue weighted by Gasteiger charge is -2.36. The highest BCUT2D eigenvalue weighted by atomic mass is 35.5. The standard InChI is InChI=1S/C15H18F6N2O.ClH/c1-24-13-8-10(15(19,20)21)2-3-11(13)12(9-14(16,17)18)23-6-4-22-5-7-23;/h2-3,8,12,22H,4-7,9H2,1H3;1H/t12-;/m1./s1. The van der Waals surface area contributed by atoms with Crippen molar-refractivity contribution in [1.29, 1.82) is 0 Å². The Kier molecular flexibility index (Phi) is 7.40. The molecule has 1 aliphatic heterocycles. The van der Waals surface area contributed by atoms with Crippen LogP contribution < -0.4 is 10.1 Å². The molecule has 144 valence electrons. The molecule has 1 aliphatic rings. The SMILES string of the molecule is COc1cc(C(F)(F)F)ccc1[C@@H](CC(F)(F)F)N1CCNCC1.Cl. The summed E-state index contributed by atoms with van der Waals surface area (Å²) in [6.45, 7) is 1.81. The zero-order valence-corrected chi connectivity index (χ0v) is 14.2. The minimum Gasteiger partial charge on any atom is -0.496 e. The van der Waals surface area contributed by atoms with Gasteiger partial charge in [0.15, 0.2) is 0 Å². The Bertz CT molecular complexity index is 558. The first-order chi connectivity index (χ1) is 11.1. The van der Waals surface area contributed by atoms with E-state index < -0.39 is 30.4 Å². The molecule has 3 nitrogen and oxygen atoms in total. The molecule has 0 bridgehead atoms. The van der Waals surface area contributed by atoms with Crippen molar-refractivity contribution in [3.8, 4) is 5.75 Å². The third-order valence-corrected chi connectivity index (χ3v) is 3.94. The van der Waals surface area contributed by atoms with Crippen LogP contribution in [0, 0.1) is 0 Å². The van der Waals surface area contributed by atoms with Crippen LogP contribution in [0.25, 0.3) is 0 Å². The van der Waals surface area contributed by atoms with Crippen LogP contribution in [-0.2, 0) is 6.18 Å². The van der Waals surface area contributed by atoms with Gasteiger partial charge < -0.3 is 10.1 Å². The predicted molar refractivity (Wildman–Crippen MR) is 83.1 cm³/mol. The molecule has 0 amide bonds. The van der Waals surface area contributed by atoms with Crippen molar-refractivity contribution in [2.24, 2.45) is 0 Å². The molecule has 1 heterocycles. The maximum absolute atomic E-state index is 13.0. The van der Waals surface area contributed by atoms with Crippen molar-refractivity contribution < 1.29 is 31.1 Å². The van der Waals surface area contributed by atoms with E-state index in [1.54, 1.807) is 4.90 Å². The topological polar surface area (TPSA) is 24.5 Å². The molecule has 1 aromatic carbocycles. The summed E-state index contributed by atoms with van der Waals surface area (Å²) >= 11 is 0. The number of ether oxygens (including phenoxy) is 1. The lowest BCUT2D eigenvalue weighted by atomic mass is 9.98. The Labute approximate surface area is 147 Å². The van der Waals surface area contributed by atoms with E-state index in [1.165, 1.54) is 0 Å². The van der Waals surface area contributed by atoms with Gasteiger partial charge in [0.1, 0.15) is 5.75 Å². The molecule has 2 rings (SSSR count). The summed E-state index contributed by atoms with van der Waals surface area (Å²) in [7, 11) is 1.15. The molecule has 1 atom stereocenters. The van der Waals surface area contributed by atoms with Crippen molar-refractivity contribution in [3.63, 3.8) is 0 Å². The van der Waals surface area contributed by atoms with Crippen molar-refractivity contribution in [2.75, 3.05) is 33.3 Å². The number of halogens is 7. The van der Waals surface area contributed by atoms with E-state index in [9.17, 15) is 26.3 Å². The number of hydrogen-bond donors (Lipinski definition) is 1. The van der Waals surface area contributed by atoms with Crippen LogP contribution in [0.3, 0.4) is 0 Å². The molecule has 1 aromatic rings. The zero-order valence-electron chi connectivity index (χ0n) is 13.4. The van der Waals surface area contributed by atoms with Crippen LogP contribution in [0.4, 0.5) is 26.3 Å². The number of piperazine rings is 1. The van der Waals surface area contributed by atoms with Gasteiger partial charge in [-0.15, -0.1) is 12.4 Å². The average molecular weight is 393 g/mol. The van der Waals surface area contributed by atoms with Crippen LogP contribution in [-0.4, -0.2) is 44.4 Å². The number of nitrogens with zero attached hydrogens (tertiary/aromatic N) is 1. The largest absolute Gasteiger partial charge is 0.496 e. The second-order valence-electron chi connectivity index (χ2n) is 5.58. The van der Waals surface area contributed by atoms with Gasteiger partial charge in [-0.3, -0.25) is 4.90 Å². The summed E-state index contributed by atoms with van der Waals surface area (Å²) in [5.41, 5.74) is -0.834. The molecule has 0 spiro atoms. The second-order valence-corrected chi connectivity index (χ2v) is 5.58. The fourth-order valence-corrected chi connectivity index (χ4v) is 2.81. The molecule has 1 saturated heterocycles. The van der Waals surface area contributed by atoms with Gasteiger partial charge in [0.05, 0.1) is 19.1 Å². The Morgan fingerprint density at radius 1 is 1.12 bits per heavy atom. The number of hydrogen-bond acceptors (Lipinski definition) is 3. The van der Waals surface area contributed by atoms with Crippen molar-refractivity contribution in [1.82, 2.24) is 10.2 Å². The molecule has 0 aliphatic carbocycles. The van der Waals surface area contributed by atoms with Crippen molar-refractivity contribution in [3.05, 3.63) is 29.3 Å².